The zero-order valence-electron chi connectivity index (χ0n) is 43.3. The van der Waals surface area contributed by atoms with E-state index >= 15 is 0 Å². The van der Waals surface area contributed by atoms with Gasteiger partial charge in [0.05, 0.1) is 0 Å². The number of methoxy groups -OCH3 is 3. The van der Waals surface area contributed by atoms with E-state index in [0.29, 0.717) is 19.8 Å². The summed E-state index contributed by atoms with van der Waals surface area (Å²) in [5.41, 5.74) is 18.0. The van der Waals surface area contributed by atoms with Crippen molar-refractivity contribution in [3.63, 3.8) is 0 Å². The molecule has 372 valence electrons. The Hall–Kier alpha value is -8.34. The van der Waals surface area contributed by atoms with Gasteiger partial charge in [-0.15, -0.1) is 0 Å². The van der Waals surface area contributed by atoms with Gasteiger partial charge in [0.1, 0.15) is 19.8 Å². The summed E-state index contributed by atoms with van der Waals surface area (Å²) in [5, 5.41) is 0. The summed E-state index contributed by atoms with van der Waals surface area (Å²) in [6, 6.07) is 60.3. The number of benzene rings is 4. The van der Waals surface area contributed by atoms with E-state index in [1.807, 2.05) is 0 Å². The van der Waals surface area contributed by atoms with Crippen LogP contribution < -0.4 is 27.4 Å². The molecule has 9 heteroatoms. The molecule has 0 unspecified atom stereocenters. The molecule has 0 bridgehead atoms. The summed E-state index contributed by atoms with van der Waals surface area (Å²) in [4.78, 5) is 0. The van der Waals surface area contributed by atoms with Crippen LogP contribution in [0.5, 0.6) is 0 Å². The number of nitrogens with zero attached hydrogens (tertiary/aromatic N) is 6. The van der Waals surface area contributed by atoms with Gasteiger partial charge < -0.3 is 14.2 Å². The first-order chi connectivity index (χ1) is 36.9. The Morgan fingerprint density at radius 1 is 0.227 bits per heavy atom. The van der Waals surface area contributed by atoms with E-state index < -0.39 is 0 Å². The highest BCUT2D eigenvalue weighted by Crippen LogP contribution is 2.34. The maximum atomic E-state index is 5.24. The van der Waals surface area contributed by atoms with Gasteiger partial charge in [-0.05, 0) is 85.0 Å². The zero-order chi connectivity index (χ0) is 51.2. The maximum Gasteiger partial charge on any atom is 0.173 e. The summed E-state index contributed by atoms with van der Waals surface area (Å²) in [7, 11) is 5.20. The molecule has 10 rings (SSSR count). The Balaban J connectivity index is 0.859. The molecule has 0 spiro atoms. The lowest BCUT2D eigenvalue weighted by atomic mass is 9.92. The average molecular weight is 991 g/mol. The van der Waals surface area contributed by atoms with Crippen LogP contribution in [0.25, 0.3) is 66.8 Å². The summed E-state index contributed by atoms with van der Waals surface area (Å²) in [5.74, 6) is 0. The van der Waals surface area contributed by atoms with Crippen molar-refractivity contribution in [2.45, 2.75) is 39.3 Å². The van der Waals surface area contributed by atoms with Crippen LogP contribution in [-0.4, -0.2) is 41.2 Å². The van der Waals surface area contributed by atoms with Crippen molar-refractivity contribution in [2.24, 2.45) is 0 Å². The highest BCUT2D eigenvalue weighted by Gasteiger charge is 2.14. The van der Waals surface area contributed by atoms with Crippen LogP contribution in [0, 0.1) is 0 Å². The molecular formula is C66H66N6O3+6. The molecule has 0 aliphatic carbocycles. The van der Waals surface area contributed by atoms with Crippen molar-refractivity contribution in [1.82, 2.24) is 0 Å². The van der Waals surface area contributed by atoms with Crippen molar-refractivity contribution >= 4 is 0 Å². The molecule has 4 aromatic carbocycles. The van der Waals surface area contributed by atoms with E-state index in [9.17, 15) is 0 Å². The molecule has 9 nitrogen and oxygen atoms in total. The van der Waals surface area contributed by atoms with Gasteiger partial charge in [-0.3, -0.25) is 0 Å². The zero-order valence-corrected chi connectivity index (χ0v) is 43.3. The molecule has 0 fully saturated rings. The van der Waals surface area contributed by atoms with E-state index in [1.54, 1.807) is 21.3 Å². The van der Waals surface area contributed by atoms with Crippen molar-refractivity contribution in [3.8, 4) is 66.8 Å². The predicted octanol–water partition coefficient (Wildman–Crippen LogP) is 9.50. The van der Waals surface area contributed by atoms with Crippen molar-refractivity contribution in [1.29, 1.82) is 0 Å². The van der Waals surface area contributed by atoms with Gasteiger partial charge in [0.2, 0.25) is 0 Å². The monoisotopic (exact) mass is 991 g/mol. The largest absolute Gasteiger partial charge is 0.378 e. The summed E-state index contributed by atoms with van der Waals surface area (Å²) < 4.78 is 28.9. The van der Waals surface area contributed by atoms with Crippen LogP contribution in [0.1, 0.15) is 16.7 Å². The first-order valence-electron chi connectivity index (χ1n) is 25.8. The minimum absolute atomic E-state index is 0.696. The summed E-state index contributed by atoms with van der Waals surface area (Å²) in [6.07, 6.45) is 25.7. The summed E-state index contributed by atoms with van der Waals surface area (Å²) >= 11 is 0. The normalized spacial score (nSPS) is 11.2. The minimum atomic E-state index is 0.696. The van der Waals surface area contributed by atoms with E-state index in [-0.39, 0.29) is 0 Å². The van der Waals surface area contributed by atoms with Crippen molar-refractivity contribution < 1.29 is 41.6 Å². The molecule has 0 aliphatic heterocycles. The van der Waals surface area contributed by atoms with E-state index in [1.165, 1.54) is 83.5 Å². The molecule has 0 aliphatic rings. The van der Waals surface area contributed by atoms with Crippen LogP contribution in [0.2, 0.25) is 0 Å². The number of ether oxygens (including phenoxy) is 3. The molecule has 0 N–H and O–H groups in total. The van der Waals surface area contributed by atoms with Gasteiger partial charge in [0, 0.05) is 111 Å². The number of rotatable bonds is 21. The molecule has 0 saturated carbocycles. The van der Waals surface area contributed by atoms with Gasteiger partial charge in [-0.2, -0.15) is 0 Å². The smallest absolute Gasteiger partial charge is 0.173 e. The van der Waals surface area contributed by atoms with Crippen molar-refractivity contribution in [3.05, 3.63) is 255 Å². The molecule has 0 saturated heterocycles. The predicted molar refractivity (Wildman–Crippen MR) is 292 cm³/mol. The Kier molecular flexibility index (Phi) is 16.5. The van der Waals surface area contributed by atoms with E-state index in [0.717, 1.165) is 39.3 Å². The second kappa shape index (κ2) is 24.6. The first kappa shape index (κ1) is 50.2. The number of aromatic nitrogens is 6. The Labute approximate surface area is 441 Å². The molecule has 6 heterocycles. The van der Waals surface area contributed by atoms with Crippen LogP contribution in [-0.2, 0) is 53.5 Å². The van der Waals surface area contributed by atoms with Crippen LogP contribution in [0.4, 0.5) is 0 Å². The van der Waals surface area contributed by atoms with Gasteiger partial charge in [0.25, 0.3) is 0 Å². The molecular weight excluding hydrogens is 925 g/mol. The quantitative estimate of drug-likeness (QED) is 0.0675. The fourth-order valence-corrected chi connectivity index (χ4v) is 9.42. The first-order valence-corrected chi connectivity index (χ1v) is 25.8. The van der Waals surface area contributed by atoms with Crippen LogP contribution >= 0.6 is 0 Å². The van der Waals surface area contributed by atoms with Crippen molar-refractivity contribution in [2.75, 3.05) is 41.2 Å². The average Bonchev–Trinajstić information content (AvgIpc) is 3.47. The SMILES string of the molecule is COCC[n+]1ccc(-c2cc[n+](Cc3ccc(-c4cc(-c5ccc(C[n+]6ccc(-c7cc[n+](CCOC)cc7)cc6)cc5)cc(-c5ccc(C[n+]6ccc(-c7cc[n+](CCOC)cc7)cc6)cc5)c4)cc3)cc2)cc1. The van der Waals surface area contributed by atoms with Gasteiger partial charge in [-0.25, -0.2) is 27.4 Å². The Morgan fingerprint density at radius 3 is 0.613 bits per heavy atom. The number of pyridine rings is 6. The highest BCUT2D eigenvalue weighted by molar-refractivity contribution is 5.81. The molecule has 0 amide bonds. The topological polar surface area (TPSA) is 51.0 Å². The third-order valence-electron chi connectivity index (χ3n) is 13.9. The van der Waals surface area contributed by atoms with Crippen LogP contribution in [0.15, 0.2) is 238 Å². The second-order valence-electron chi connectivity index (χ2n) is 19.1. The molecule has 10 aromatic rings. The summed E-state index contributed by atoms with van der Waals surface area (Å²) in [6.45, 7) is 6.96. The number of hydrogen-bond acceptors (Lipinski definition) is 3. The molecule has 0 radical (unpaired) electrons. The maximum absolute atomic E-state index is 5.24. The lowest BCUT2D eigenvalue weighted by molar-refractivity contribution is -0.698. The molecule has 6 aromatic heterocycles. The third kappa shape index (κ3) is 13.3. The Morgan fingerprint density at radius 2 is 0.413 bits per heavy atom. The van der Waals surface area contributed by atoms with Gasteiger partial charge in [-0.1, -0.05) is 72.8 Å². The van der Waals surface area contributed by atoms with E-state index in [4.69, 9.17) is 14.2 Å². The second-order valence-corrected chi connectivity index (χ2v) is 19.1. The standard InChI is InChI=1S/C66H66N6O3/c1-73-43-40-67-28-16-58(17-29-67)61-22-34-70(35-23-61)49-52-4-10-55(11-5-52)64-46-65(56-12-6-53(7-13-56)50-71-36-24-62(25-37-71)59-18-30-68(31-19-59)41-44-74-2)48-66(47-64)57-14-8-54(9-15-57)51-72-38-26-63(27-39-72)60-20-32-69(33-21-60)42-45-75-3/h4-39,46-48H,40-45,49-51H2,1-3H3/q+6. The van der Waals surface area contributed by atoms with E-state index in [2.05, 4.69) is 266 Å². The molecule has 0 atom stereocenters. The third-order valence-corrected chi connectivity index (χ3v) is 13.9. The lowest BCUT2D eigenvalue weighted by Crippen LogP contribution is -2.34. The minimum Gasteiger partial charge on any atom is -0.378 e. The fourth-order valence-electron chi connectivity index (χ4n) is 9.42. The number of hydrogen-bond donors (Lipinski definition) is 0. The Bertz CT molecular complexity index is 3010. The van der Waals surface area contributed by atoms with Gasteiger partial charge >= 0.3 is 0 Å². The fraction of sp³-hybridized carbons (Fsp3) is 0.182. The molecule has 75 heavy (non-hydrogen) atoms. The lowest BCUT2D eigenvalue weighted by Gasteiger charge is -2.12. The van der Waals surface area contributed by atoms with Gasteiger partial charge in [0.15, 0.2) is 114 Å². The van der Waals surface area contributed by atoms with Crippen LogP contribution in [0.3, 0.4) is 0 Å². The highest BCUT2D eigenvalue weighted by atomic mass is 16.5.